The molecule has 2 aromatic rings. The monoisotopic (exact) mass is 276 g/mol. The van der Waals surface area contributed by atoms with E-state index >= 15 is 0 Å². The standard InChI is InChI=1S/C14H20N4O2/c1-10-17-13(20-18-10)11-5-4-7-15-12(11)16-9-14(2,3)6-8-19/h4-5,7,19H,6,8-9H2,1-3H3,(H,15,16). The van der Waals surface area contributed by atoms with E-state index in [-0.39, 0.29) is 12.0 Å². The second-order valence-corrected chi connectivity index (χ2v) is 5.54. The molecule has 0 bridgehead atoms. The summed E-state index contributed by atoms with van der Waals surface area (Å²) in [5, 5.41) is 16.2. The molecule has 0 spiro atoms. The van der Waals surface area contributed by atoms with Gasteiger partial charge in [-0.2, -0.15) is 4.98 Å². The van der Waals surface area contributed by atoms with Crippen LogP contribution in [0.2, 0.25) is 0 Å². The van der Waals surface area contributed by atoms with Crippen molar-refractivity contribution >= 4 is 5.82 Å². The van der Waals surface area contributed by atoms with Crippen LogP contribution in [-0.4, -0.2) is 33.4 Å². The predicted molar refractivity (Wildman–Crippen MR) is 76.2 cm³/mol. The van der Waals surface area contributed by atoms with Crippen molar-refractivity contribution in [1.82, 2.24) is 15.1 Å². The Morgan fingerprint density at radius 1 is 1.40 bits per heavy atom. The maximum atomic E-state index is 9.06. The highest BCUT2D eigenvalue weighted by molar-refractivity contribution is 5.68. The quantitative estimate of drug-likeness (QED) is 0.842. The van der Waals surface area contributed by atoms with Gasteiger partial charge in [-0.25, -0.2) is 4.98 Å². The van der Waals surface area contributed by atoms with Gasteiger partial charge in [-0.05, 0) is 30.9 Å². The number of aryl methyl sites for hydroxylation is 1. The van der Waals surface area contributed by atoms with Crippen molar-refractivity contribution in [3.8, 4) is 11.5 Å². The Hall–Kier alpha value is -1.95. The van der Waals surface area contributed by atoms with E-state index in [9.17, 15) is 0 Å². The summed E-state index contributed by atoms with van der Waals surface area (Å²) in [5.74, 6) is 1.76. The number of pyridine rings is 1. The van der Waals surface area contributed by atoms with Crippen LogP contribution in [0.25, 0.3) is 11.5 Å². The molecule has 0 aliphatic carbocycles. The van der Waals surface area contributed by atoms with Crippen LogP contribution in [-0.2, 0) is 0 Å². The zero-order chi connectivity index (χ0) is 14.6. The van der Waals surface area contributed by atoms with Crippen LogP contribution in [0.15, 0.2) is 22.9 Å². The summed E-state index contributed by atoms with van der Waals surface area (Å²) < 4.78 is 5.19. The minimum absolute atomic E-state index is 0.0195. The van der Waals surface area contributed by atoms with E-state index in [0.29, 0.717) is 24.1 Å². The fraction of sp³-hybridized carbons (Fsp3) is 0.500. The van der Waals surface area contributed by atoms with Crippen LogP contribution in [0, 0.1) is 12.3 Å². The van der Waals surface area contributed by atoms with Crippen molar-refractivity contribution in [2.24, 2.45) is 5.41 Å². The van der Waals surface area contributed by atoms with Crippen molar-refractivity contribution in [2.45, 2.75) is 27.2 Å². The highest BCUT2D eigenvalue weighted by Gasteiger charge is 2.19. The van der Waals surface area contributed by atoms with Gasteiger partial charge in [0.2, 0.25) is 0 Å². The summed E-state index contributed by atoms with van der Waals surface area (Å²) in [7, 11) is 0. The molecule has 108 valence electrons. The van der Waals surface area contributed by atoms with Gasteiger partial charge in [0, 0.05) is 19.3 Å². The first kappa shape index (κ1) is 14.5. The molecule has 6 nitrogen and oxygen atoms in total. The first-order chi connectivity index (χ1) is 9.52. The van der Waals surface area contributed by atoms with Gasteiger partial charge in [-0.3, -0.25) is 0 Å². The molecule has 0 fully saturated rings. The number of hydrogen-bond acceptors (Lipinski definition) is 6. The topological polar surface area (TPSA) is 84.1 Å². The van der Waals surface area contributed by atoms with Gasteiger partial charge in [0.05, 0.1) is 5.56 Å². The van der Waals surface area contributed by atoms with E-state index in [1.165, 1.54) is 0 Å². The van der Waals surface area contributed by atoms with Gasteiger partial charge >= 0.3 is 0 Å². The van der Waals surface area contributed by atoms with Crippen molar-refractivity contribution in [3.05, 3.63) is 24.2 Å². The maximum Gasteiger partial charge on any atom is 0.261 e. The number of hydrogen-bond donors (Lipinski definition) is 2. The zero-order valence-electron chi connectivity index (χ0n) is 12.1. The minimum Gasteiger partial charge on any atom is -0.396 e. The third kappa shape index (κ3) is 3.54. The summed E-state index contributed by atoms with van der Waals surface area (Å²) in [5.41, 5.74) is 0.766. The number of rotatable bonds is 6. The molecular formula is C14H20N4O2. The molecule has 0 aliphatic rings. The predicted octanol–water partition coefficient (Wildman–Crippen LogP) is 2.26. The maximum absolute atomic E-state index is 9.06. The lowest BCUT2D eigenvalue weighted by Gasteiger charge is -2.24. The molecule has 0 aliphatic heterocycles. The highest BCUT2D eigenvalue weighted by Crippen LogP contribution is 2.26. The number of aromatic nitrogens is 3. The van der Waals surface area contributed by atoms with Crippen LogP contribution >= 0.6 is 0 Å². The SMILES string of the molecule is Cc1noc(-c2cccnc2NCC(C)(C)CCO)n1. The summed E-state index contributed by atoms with van der Waals surface area (Å²) in [6.45, 7) is 6.84. The number of nitrogens with one attached hydrogen (secondary N) is 1. The van der Waals surface area contributed by atoms with Crippen LogP contribution in [0.5, 0.6) is 0 Å². The molecule has 2 aromatic heterocycles. The Labute approximate surface area is 118 Å². The largest absolute Gasteiger partial charge is 0.396 e. The molecular weight excluding hydrogens is 256 g/mol. The third-order valence-electron chi connectivity index (χ3n) is 3.09. The molecule has 2 N–H and O–H groups in total. The first-order valence-corrected chi connectivity index (χ1v) is 6.62. The van der Waals surface area contributed by atoms with Crippen molar-refractivity contribution in [2.75, 3.05) is 18.5 Å². The number of nitrogens with zero attached hydrogens (tertiary/aromatic N) is 3. The summed E-state index contributed by atoms with van der Waals surface area (Å²) in [6, 6.07) is 3.72. The van der Waals surface area contributed by atoms with Crippen LogP contribution in [0.3, 0.4) is 0 Å². The molecule has 0 atom stereocenters. The van der Waals surface area contributed by atoms with E-state index < -0.39 is 0 Å². The lowest BCUT2D eigenvalue weighted by Crippen LogP contribution is -2.24. The van der Waals surface area contributed by atoms with E-state index in [4.69, 9.17) is 9.63 Å². The number of anilines is 1. The van der Waals surface area contributed by atoms with Gasteiger partial charge in [-0.15, -0.1) is 0 Å². The average molecular weight is 276 g/mol. The van der Waals surface area contributed by atoms with E-state index in [1.54, 1.807) is 13.1 Å². The molecule has 0 amide bonds. The molecule has 0 radical (unpaired) electrons. The number of aliphatic hydroxyl groups is 1. The average Bonchev–Trinajstić information content (AvgIpc) is 2.83. The fourth-order valence-electron chi connectivity index (χ4n) is 1.84. The van der Waals surface area contributed by atoms with Gasteiger partial charge in [0.1, 0.15) is 5.82 Å². The molecule has 0 saturated heterocycles. The van der Waals surface area contributed by atoms with Crippen LogP contribution in [0.1, 0.15) is 26.1 Å². The van der Waals surface area contributed by atoms with Crippen LogP contribution in [0.4, 0.5) is 5.82 Å². The molecule has 0 unspecified atom stereocenters. The van der Waals surface area contributed by atoms with Crippen LogP contribution < -0.4 is 5.32 Å². The normalized spacial score (nSPS) is 11.6. The number of aliphatic hydroxyl groups excluding tert-OH is 1. The van der Waals surface area contributed by atoms with Crippen molar-refractivity contribution in [3.63, 3.8) is 0 Å². The Morgan fingerprint density at radius 2 is 2.20 bits per heavy atom. The van der Waals surface area contributed by atoms with E-state index in [2.05, 4.69) is 34.3 Å². The van der Waals surface area contributed by atoms with Gasteiger partial charge in [0.15, 0.2) is 5.82 Å². The van der Waals surface area contributed by atoms with E-state index in [0.717, 1.165) is 12.0 Å². The van der Waals surface area contributed by atoms with Crippen molar-refractivity contribution < 1.29 is 9.63 Å². The summed E-state index contributed by atoms with van der Waals surface area (Å²) in [4.78, 5) is 8.55. The molecule has 20 heavy (non-hydrogen) atoms. The fourth-order valence-corrected chi connectivity index (χ4v) is 1.84. The van der Waals surface area contributed by atoms with Gasteiger partial charge in [-0.1, -0.05) is 19.0 Å². The molecule has 2 heterocycles. The minimum atomic E-state index is -0.0195. The zero-order valence-corrected chi connectivity index (χ0v) is 12.1. The second kappa shape index (κ2) is 6.00. The van der Waals surface area contributed by atoms with Crippen molar-refractivity contribution in [1.29, 1.82) is 0 Å². The molecule has 2 rings (SSSR count). The summed E-state index contributed by atoms with van der Waals surface area (Å²) >= 11 is 0. The Kier molecular flexibility index (Phi) is 4.34. The third-order valence-corrected chi connectivity index (χ3v) is 3.09. The molecule has 6 heteroatoms. The Morgan fingerprint density at radius 3 is 2.85 bits per heavy atom. The Balaban J connectivity index is 2.17. The van der Waals surface area contributed by atoms with Gasteiger partial charge < -0.3 is 14.9 Å². The lowest BCUT2D eigenvalue weighted by molar-refractivity contribution is 0.220. The first-order valence-electron chi connectivity index (χ1n) is 6.62. The molecule has 0 aromatic carbocycles. The second-order valence-electron chi connectivity index (χ2n) is 5.54. The smallest absolute Gasteiger partial charge is 0.261 e. The summed E-state index contributed by atoms with van der Waals surface area (Å²) in [6.07, 6.45) is 2.44. The molecule has 0 saturated carbocycles. The van der Waals surface area contributed by atoms with Gasteiger partial charge in [0.25, 0.3) is 5.89 Å². The lowest BCUT2D eigenvalue weighted by atomic mass is 9.90. The van der Waals surface area contributed by atoms with E-state index in [1.807, 2.05) is 12.1 Å². The highest BCUT2D eigenvalue weighted by atomic mass is 16.5. The Bertz CT molecular complexity index is 566.